The maximum atomic E-state index is 13.6. The Morgan fingerprint density at radius 3 is 2.82 bits per heavy atom. The van der Waals surface area contributed by atoms with E-state index >= 15 is 0 Å². The largest absolute Gasteiger partial charge is 0.319 e. The lowest BCUT2D eigenvalue weighted by Crippen LogP contribution is -2.32. The number of fused-ring (bicyclic) bond motifs is 1. The molecule has 2 N–H and O–H groups in total. The van der Waals surface area contributed by atoms with Gasteiger partial charge < -0.3 is 5.73 Å². The van der Waals surface area contributed by atoms with Crippen LogP contribution in [0.4, 0.5) is 4.39 Å². The van der Waals surface area contributed by atoms with E-state index in [-0.39, 0.29) is 11.1 Å². The fraction of sp³-hybridized carbons (Fsp3) is 0.333. The smallest absolute Gasteiger partial charge is 0.261 e. The molecule has 0 bridgehead atoms. The van der Waals surface area contributed by atoms with Crippen molar-refractivity contribution < 1.29 is 4.39 Å². The molecule has 0 spiro atoms. The van der Waals surface area contributed by atoms with Crippen molar-refractivity contribution in [3.05, 3.63) is 40.2 Å². The van der Waals surface area contributed by atoms with Gasteiger partial charge in [-0.1, -0.05) is 6.07 Å². The summed E-state index contributed by atoms with van der Waals surface area (Å²) in [6, 6.07) is 4.39. The Balaban J connectivity index is 2.44. The minimum Gasteiger partial charge on any atom is -0.319 e. The number of nitrogens with zero attached hydrogens (tertiary/aromatic N) is 2. The van der Waals surface area contributed by atoms with Crippen LogP contribution in [0.25, 0.3) is 10.9 Å². The Morgan fingerprint density at radius 2 is 2.18 bits per heavy atom. The molecule has 0 aliphatic heterocycles. The number of nitrogens with two attached hydrogens (primary N) is 1. The molecule has 1 aromatic heterocycles. The van der Waals surface area contributed by atoms with E-state index in [1.54, 1.807) is 13.1 Å². The van der Waals surface area contributed by atoms with E-state index in [9.17, 15) is 9.18 Å². The average Bonchev–Trinajstić information content (AvgIpc) is 3.03. The summed E-state index contributed by atoms with van der Waals surface area (Å²) in [7, 11) is 1.63. The van der Waals surface area contributed by atoms with E-state index in [0.29, 0.717) is 11.2 Å². The normalized spacial score (nSPS) is 17.4. The second kappa shape index (κ2) is 3.13. The Morgan fingerprint density at radius 1 is 1.47 bits per heavy atom. The van der Waals surface area contributed by atoms with Gasteiger partial charge in [0, 0.05) is 7.05 Å². The number of benzene rings is 1. The average molecular weight is 233 g/mol. The lowest BCUT2D eigenvalue weighted by Gasteiger charge is -2.14. The highest BCUT2D eigenvalue weighted by Gasteiger charge is 2.44. The minimum absolute atomic E-state index is 0.113. The van der Waals surface area contributed by atoms with E-state index in [0.717, 1.165) is 12.8 Å². The van der Waals surface area contributed by atoms with Crippen molar-refractivity contribution in [2.75, 3.05) is 0 Å². The van der Waals surface area contributed by atoms with Crippen LogP contribution >= 0.6 is 0 Å². The first-order chi connectivity index (χ1) is 8.03. The summed E-state index contributed by atoms with van der Waals surface area (Å²) in [4.78, 5) is 16.3. The van der Waals surface area contributed by atoms with E-state index in [2.05, 4.69) is 4.98 Å². The number of aromatic nitrogens is 2. The van der Waals surface area contributed by atoms with Gasteiger partial charge in [0.25, 0.3) is 5.56 Å². The molecular formula is C12H12FN3O. The zero-order chi connectivity index (χ0) is 12.2. The van der Waals surface area contributed by atoms with E-state index in [1.807, 2.05) is 0 Å². The van der Waals surface area contributed by atoms with Gasteiger partial charge in [-0.2, -0.15) is 0 Å². The summed E-state index contributed by atoms with van der Waals surface area (Å²) < 4.78 is 15.1. The number of hydrogen-bond donors (Lipinski definition) is 1. The van der Waals surface area contributed by atoms with Gasteiger partial charge >= 0.3 is 0 Å². The summed E-state index contributed by atoms with van der Waals surface area (Å²) in [6.07, 6.45) is 1.57. The van der Waals surface area contributed by atoms with E-state index < -0.39 is 11.4 Å². The van der Waals surface area contributed by atoms with Crippen LogP contribution in [0.15, 0.2) is 23.0 Å². The van der Waals surface area contributed by atoms with E-state index in [1.165, 1.54) is 16.7 Å². The second-order valence-corrected chi connectivity index (χ2v) is 4.59. The molecule has 1 fully saturated rings. The van der Waals surface area contributed by atoms with Crippen molar-refractivity contribution >= 4 is 10.9 Å². The van der Waals surface area contributed by atoms with Gasteiger partial charge in [0.2, 0.25) is 0 Å². The molecule has 2 aromatic rings. The SMILES string of the molecule is Cn1c(C2(N)CC2)nc2c(F)cccc2c1=O. The monoisotopic (exact) mass is 233 g/mol. The minimum atomic E-state index is -0.551. The molecule has 3 rings (SSSR count). The number of hydrogen-bond acceptors (Lipinski definition) is 3. The molecule has 1 heterocycles. The van der Waals surface area contributed by atoms with Crippen molar-refractivity contribution in [2.45, 2.75) is 18.4 Å². The predicted molar refractivity (Wildman–Crippen MR) is 62.0 cm³/mol. The van der Waals surface area contributed by atoms with Crippen LogP contribution in [-0.4, -0.2) is 9.55 Å². The zero-order valence-electron chi connectivity index (χ0n) is 9.40. The van der Waals surface area contributed by atoms with E-state index in [4.69, 9.17) is 5.73 Å². The Bertz CT molecular complexity index is 673. The molecule has 1 aliphatic carbocycles. The van der Waals surface area contributed by atoms with Crippen LogP contribution < -0.4 is 11.3 Å². The standard InChI is InChI=1S/C12H12FN3O/c1-16-10(17)7-3-2-4-8(13)9(7)15-11(16)12(14)5-6-12/h2-4H,5-6,14H2,1H3. The third-order valence-corrected chi connectivity index (χ3v) is 3.29. The fourth-order valence-corrected chi connectivity index (χ4v) is 2.06. The molecule has 5 heteroatoms. The summed E-state index contributed by atoms with van der Waals surface area (Å²) in [5.41, 5.74) is 5.35. The summed E-state index contributed by atoms with van der Waals surface area (Å²) >= 11 is 0. The molecule has 0 atom stereocenters. The molecule has 0 saturated heterocycles. The Hall–Kier alpha value is -1.75. The number of para-hydroxylation sites is 1. The van der Waals surface area contributed by atoms with Crippen molar-refractivity contribution in [2.24, 2.45) is 12.8 Å². The van der Waals surface area contributed by atoms with Gasteiger partial charge in [-0.3, -0.25) is 9.36 Å². The van der Waals surface area contributed by atoms with Crippen molar-refractivity contribution in [1.29, 1.82) is 0 Å². The van der Waals surface area contributed by atoms with Crippen molar-refractivity contribution in [3.8, 4) is 0 Å². The first-order valence-electron chi connectivity index (χ1n) is 5.47. The third kappa shape index (κ3) is 1.39. The third-order valence-electron chi connectivity index (χ3n) is 3.29. The first kappa shape index (κ1) is 10.4. The van der Waals surface area contributed by atoms with Crippen LogP contribution in [0.1, 0.15) is 18.7 Å². The molecule has 1 aliphatic rings. The summed E-state index contributed by atoms with van der Waals surface area (Å²) in [5.74, 6) is -0.00852. The van der Waals surface area contributed by atoms with Crippen molar-refractivity contribution in [3.63, 3.8) is 0 Å². The Labute approximate surface area is 96.9 Å². The maximum absolute atomic E-state index is 13.6. The molecule has 0 unspecified atom stereocenters. The van der Waals surface area contributed by atoms with Crippen molar-refractivity contribution in [1.82, 2.24) is 9.55 Å². The van der Waals surface area contributed by atoms with Gasteiger partial charge in [0.05, 0.1) is 10.9 Å². The molecule has 0 amide bonds. The van der Waals surface area contributed by atoms with Gasteiger partial charge in [-0.15, -0.1) is 0 Å². The highest BCUT2D eigenvalue weighted by Crippen LogP contribution is 2.41. The molecule has 88 valence electrons. The summed E-state index contributed by atoms with van der Waals surface area (Å²) in [5, 5.41) is 0.292. The topological polar surface area (TPSA) is 60.9 Å². The molecule has 4 nitrogen and oxygen atoms in total. The molecule has 1 aromatic carbocycles. The molecule has 1 saturated carbocycles. The Kier molecular flexibility index (Phi) is 1.92. The fourth-order valence-electron chi connectivity index (χ4n) is 2.06. The summed E-state index contributed by atoms with van der Waals surface area (Å²) in [6.45, 7) is 0. The zero-order valence-corrected chi connectivity index (χ0v) is 9.40. The number of halogens is 1. The number of rotatable bonds is 1. The molecule has 17 heavy (non-hydrogen) atoms. The lowest BCUT2D eigenvalue weighted by molar-refractivity contribution is 0.597. The second-order valence-electron chi connectivity index (χ2n) is 4.59. The predicted octanol–water partition coefficient (Wildman–Crippen LogP) is 1.02. The van der Waals surface area contributed by atoms with Crippen LogP contribution in [-0.2, 0) is 12.6 Å². The quantitative estimate of drug-likeness (QED) is 0.800. The van der Waals surface area contributed by atoms with Gasteiger partial charge in [-0.25, -0.2) is 9.37 Å². The first-order valence-corrected chi connectivity index (χ1v) is 5.47. The molecular weight excluding hydrogens is 221 g/mol. The lowest BCUT2D eigenvalue weighted by atomic mass is 10.2. The van der Waals surface area contributed by atoms with Crippen LogP contribution in [0.2, 0.25) is 0 Å². The van der Waals surface area contributed by atoms with Crippen LogP contribution in [0.5, 0.6) is 0 Å². The van der Waals surface area contributed by atoms with Gasteiger partial charge in [-0.05, 0) is 25.0 Å². The van der Waals surface area contributed by atoms with Gasteiger partial charge in [0.15, 0.2) is 0 Å². The van der Waals surface area contributed by atoms with Crippen LogP contribution in [0.3, 0.4) is 0 Å². The molecule has 0 radical (unpaired) electrons. The highest BCUT2D eigenvalue weighted by atomic mass is 19.1. The van der Waals surface area contributed by atoms with Gasteiger partial charge in [0.1, 0.15) is 17.2 Å². The highest BCUT2D eigenvalue weighted by molar-refractivity contribution is 5.78. The van der Waals surface area contributed by atoms with Crippen LogP contribution in [0, 0.1) is 5.82 Å². The maximum Gasteiger partial charge on any atom is 0.261 e.